The van der Waals surface area contributed by atoms with Gasteiger partial charge in [-0.15, -0.1) is 0 Å². The smallest absolute Gasteiger partial charge is 0.391 e. The van der Waals surface area contributed by atoms with Crippen molar-refractivity contribution in [2.45, 2.75) is 142 Å². The van der Waals surface area contributed by atoms with E-state index in [4.69, 9.17) is 16.3 Å². The molecule has 1 aliphatic rings. The number of carbonyl (C=O) groups excluding carboxylic acids is 7. The van der Waals surface area contributed by atoms with E-state index in [0.29, 0.717) is 11.6 Å². The number of esters is 1. The molecule has 0 unspecified atom stereocenters. The van der Waals surface area contributed by atoms with Gasteiger partial charge < -0.3 is 39.6 Å². The number of amides is 6. The van der Waals surface area contributed by atoms with Crippen LogP contribution in [-0.4, -0.2) is 133 Å². The molecule has 0 spiro atoms. The topological polar surface area (TPSA) is 203 Å². The van der Waals surface area contributed by atoms with Crippen molar-refractivity contribution in [2.75, 3.05) is 21.1 Å². The molecule has 21 heteroatoms. The van der Waals surface area contributed by atoms with Gasteiger partial charge in [0, 0.05) is 62.7 Å². The predicted molar refractivity (Wildman–Crippen MR) is 265 cm³/mol. The van der Waals surface area contributed by atoms with Gasteiger partial charge in [0.15, 0.2) is 6.10 Å². The second-order valence-electron chi connectivity index (χ2n) is 19.7. The molecule has 0 aliphatic carbocycles. The Morgan fingerprint density at radius 3 is 1.90 bits per heavy atom. The molecule has 4 rings (SSSR count). The molecular weight excluding hydrogens is 961 g/mol. The lowest BCUT2D eigenvalue weighted by molar-refractivity contribution is -0.166. The van der Waals surface area contributed by atoms with Gasteiger partial charge in [0.1, 0.15) is 30.2 Å². The highest BCUT2D eigenvalue weighted by atomic mass is 35.5. The number of cyclic esters (lactones) is 1. The minimum Gasteiger partial charge on any atom is -0.451 e. The van der Waals surface area contributed by atoms with Crippen LogP contribution < -0.4 is 16.0 Å². The number of benzene rings is 2. The summed E-state index contributed by atoms with van der Waals surface area (Å²) in [5, 5.41) is 18.5. The maximum Gasteiger partial charge on any atom is 0.391 e. The Kier molecular flexibility index (Phi) is 20.7. The van der Waals surface area contributed by atoms with Crippen molar-refractivity contribution in [1.29, 1.82) is 5.26 Å². The van der Waals surface area contributed by atoms with Gasteiger partial charge in [0.05, 0.1) is 12.5 Å². The number of hydrogen-bond acceptors (Lipinski definition) is 9. The SMILES string of the molecule is CC(C)C[C@@H]1NC(=O)[Si@H](Cc2cn(Cc3ccc(Cl)cc3)c3ccccc23)N(C)C(=O)[C@H](CC(C)C)NC(=O)[C@H](CC(C)C)N(C)C(=O)[C@H](CC(F)(F)F)NC(=O)[C@@H](CCC#N)OC(=O)[C@H](C)N(C)C1=O. The van der Waals surface area contributed by atoms with Crippen molar-refractivity contribution in [1.82, 2.24) is 34.9 Å². The molecule has 388 valence electrons. The van der Waals surface area contributed by atoms with Crippen LogP contribution in [0.25, 0.3) is 10.9 Å². The average molecular weight is 1030 g/mol. The summed E-state index contributed by atoms with van der Waals surface area (Å²) in [6.45, 7) is 12.5. The Bertz CT molecular complexity index is 2430. The predicted octanol–water partition coefficient (Wildman–Crippen LogP) is 6.23. The molecular formula is C50H68ClF3N8O8Si. The van der Waals surface area contributed by atoms with E-state index in [-0.39, 0.29) is 49.5 Å². The summed E-state index contributed by atoms with van der Waals surface area (Å²) in [4.78, 5) is 103. The normalized spacial score (nSPS) is 23.2. The summed E-state index contributed by atoms with van der Waals surface area (Å²) < 4.78 is 51.5. The molecule has 16 nitrogen and oxygen atoms in total. The standard InChI is InChI=1S/C50H68ClF3N8O8Si/c1-29(2)22-37-45(65)59(8)32(7)48(68)70-42(16-13-21-55)44(64)57-39(25-50(52,53)54)46(66)60(9)41(24-31(5)6)43(63)56-38(23-30(3)4)47(67)61(10)71(49(69)58-37)28-34-27-62(40-15-12-11-14-36(34)40)26-33-17-19-35(51)20-18-33/h11-12,14-15,17-20,27,29-32,37-39,41-42,71H,13,16,22-26,28H2,1-10H3,(H,56,63)(H,57,64)(H,58,69)/t32-,37-,38-,39-,41-,42+,71-/m0/s1. The molecule has 0 saturated carbocycles. The van der Waals surface area contributed by atoms with Gasteiger partial charge in [-0.1, -0.05) is 83.5 Å². The van der Waals surface area contributed by atoms with Crippen LogP contribution in [0.15, 0.2) is 54.7 Å². The summed E-state index contributed by atoms with van der Waals surface area (Å²) in [6.07, 6.45) is -7.62. The third kappa shape index (κ3) is 16.0. The van der Waals surface area contributed by atoms with E-state index in [1.165, 1.54) is 25.6 Å². The Morgan fingerprint density at radius 2 is 1.32 bits per heavy atom. The maximum atomic E-state index is 15.1. The van der Waals surface area contributed by atoms with Crippen molar-refractivity contribution in [3.63, 3.8) is 0 Å². The highest BCUT2D eigenvalue weighted by Gasteiger charge is 2.43. The Hall–Kier alpha value is -5.94. The fourth-order valence-electron chi connectivity index (χ4n) is 8.59. The number of rotatable bonds is 13. The summed E-state index contributed by atoms with van der Waals surface area (Å²) in [5.41, 5.74) is 1.94. The maximum absolute atomic E-state index is 15.1. The van der Waals surface area contributed by atoms with Crippen molar-refractivity contribution in [3.8, 4) is 6.07 Å². The molecule has 0 bridgehead atoms. The minimum absolute atomic E-state index is 0.0601. The monoisotopic (exact) mass is 1030 g/mol. The number of para-hydroxylation sites is 1. The van der Waals surface area contributed by atoms with Crippen LogP contribution in [0, 0.1) is 29.1 Å². The molecule has 2 heterocycles. The molecule has 1 aliphatic heterocycles. The van der Waals surface area contributed by atoms with Crippen molar-refractivity contribution in [3.05, 3.63) is 70.9 Å². The zero-order chi connectivity index (χ0) is 53.1. The minimum atomic E-state index is -5.02. The molecule has 3 N–H and O–H groups in total. The molecule has 6 amide bonds. The first-order valence-electron chi connectivity index (χ1n) is 23.9. The van der Waals surface area contributed by atoms with E-state index < -0.39 is 105 Å². The highest BCUT2D eigenvalue weighted by Crippen LogP contribution is 2.27. The van der Waals surface area contributed by atoms with Gasteiger partial charge in [0.2, 0.25) is 38.1 Å². The first-order chi connectivity index (χ1) is 33.2. The number of nitriles is 1. The number of aromatic nitrogens is 1. The summed E-state index contributed by atoms with van der Waals surface area (Å²) in [5.74, 6) is -6.72. The largest absolute Gasteiger partial charge is 0.451 e. The van der Waals surface area contributed by atoms with E-state index >= 15 is 9.59 Å². The molecule has 1 saturated heterocycles. The number of hydrogen-bond donors (Lipinski definition) is 3. The van der Waals surface area contributed by atoms with Crippen molar-refractivity contribution in [2.24, 2.45) is 17.8 Å². The lowest BCUT2D eigenvalue weighted by Gasteiger charge is -2.35. The second kappa shape index (κ2) is 25.4. The van der Waals surface area contributed by atoms with E-state index in [9.17, 15) is 42.4 Å². The van der Waals surface area contributed by atoms with Crippen LogP contribution in [0.4, 0.5) is 18.0 Å². The molecule has 7 atom stereocenters. The fraction of sp³-hybridized carbons (Fsp3) is 0.560. The van der Waals surface area contributed by atoms with Gasteiger partial charge in [-0.2, -0.15) is 18.4 Å². The molecule has 71 heavy (non-hydrogen) atoms. The molecule has 0 radical (unpaired) electrons. The third-order valence-corrected chi connectivity index (χ3v) is 15.6. The first kappa shape index (κ1) is 57.6. The number of nitrogens with zero attached hydrogens (tertiary/aromatic N) is 5. The van der Waals surface area contributed by atoms with Crippen LogP contribution >= 0.6 is 11.6 Å². The second-order valence-corrected chi connectivity index (χ2v) is 22.9. The summed E-state index contributed by atoms with van der Waals surface area (Å²) in [7, 11) is 0.520. The summed E-state index contributed by atoms with van der Waals surface area (Å²) >= 11 is 6.18. The molecule has 2 aromatic carbocycles. The van der Waals surface area contributed by atoms with Crippen LogP contribution in [0.1, 0.15) is 98.1 Å². The van der Waals surface area contributed by atoms with Gasteiger partial charge in [-0.05, 0) is 79.3 Å². The molecule has 1 aromatic heterocycles. The van der Waals surface area contributed by atoms with E-state index in [2.05, 4.69) is 16.0 Å². The first-order valence-corrected chi connectivity index (χ1v) is 26.2. The Balaban J connectivity index is 1.93. The van der Waals surface area contributed by atoms with Gasteiger partial charge in [-0.3, -0.25) is 28.8 Å². The number of fused-ring (bicyclic) bond motifs is 1. The number of ether oxygens (including phenoxy) is 1. The van der Waals surface area contributed by atoms with Gasteiger partial charge >= 0.3 is 12.1 Å². The highest BCUT2D eigenvalue weighted by molar-refractivity contribution is 6.88. The van der Waals surface area contributed by atoms with Gasteiger partial charge in [0.25, 0.3) is 5.91 Å². The van der Waals surface area contributed by atoms with Crippen LogP contribution in [0.3, 0.4) is 0 Å². The lowest BCUT2D eigenvalue weighted by Crippen LogP contribution is -2.62. The van der Waals surface area contributed by atoms with Crippen LogP contribution in [-0.2, 0) is 46.1 Å². The number of halogens is 4. The Labute approximate surface area is 420 Å². The quantitative estimate of drug-likeness (QED) is 0.131. The number of nitrogens with one attached hydrogen (secondary N) is 3. The number of alkyl halides is 3. The lowest BCUT2D eigenvalue weighted by atomic mass is 9.98. The average Bonchev–Trinajstić information content (AvgIpc) is 3.64. The van der Waals surface area contributed by atoms with Crippen molar-refractivity contribution < 1.29 is 51.5 Å². The van der Waals surface area contributed by atoms with E-state index in [1.54, 1.807) is 32.0 Å². The van der Waals surface area contributed by atoms with E-state index in [1.807, 2.05) is 74.9 Å². The van der Waals surface area contributed by atoms with Crippen LogP contribution in [0.2, 0.25) is 5.02 Å². The van der Waals surface area contributed by atoms with Crippen molar-refractivity contribution >= 4 is 72.5 Å². The summed E-state index contributed by atoms with van der Waals surface area (Å²) in [6, 6.07) is 9.09. The number of likely N-dealkylation sites (N-methyl/N-ethyl adjacent to an activating group) is 3. The zero-order valence-electron chi connectivity index (χ0n) is 42.1. The van der Waals surface area contributed by atoms with Gasteiger partial charge in [-0.25, -0.2) is 4.79 Å². The third-order valence-electron chi connectivity index (χ3n) is 12.5. The zero-order valence-corrected chi connectivity index (χ0v) is 44.1. The fourth-order valence-corrected chi connectivity index (χ4v) is 11.2. The number of carbonyl (C=O) groups is 7. The molecule has 3 aromatic rings. The Morgan fingerprint density at radius 1 is 0.761 bits per heavy atom. The van der Waals surface area contributed by atoms with E-state index in [0.717, 1.165) is 38.9 Å². The molecule has 1 fully saturated rings. The van der Waals surface area contributed by atoms with Crippen LogP contribution in [0.5, 0.6) is 0 Å².